The van der Waals surface area contributed by atoms with Crippen molar-refractivity contribution in [1.82, 2.24) is 9.88 Å². The van der Waals surface area contributed by atoms with Crippen LogP contribution in [0.3, 0.4) is 0 Å². The van der Waals surface area contributed by atoms with Gasteiger partial charge in [-0.2, -0.15) is 0 Å². The summed E-state index contributed by atoms with van der Waals surface area (Å²) in [4.78, 5) is 6.86. The van der Waals surface area contributed by atoms with Gasteiger partial charge in [0, 0.05) is 24.8 Å². The highest BCUT2D eigenvalue weighted by Gasteiger charge is 2.14. The first-order valence-corrected chi connectivity index (χ1v) is 6.97. The fourth-order valence-corrected chi connectivity index (χ4v) is 2.21. The zero-order valence-corrected chi connectivity index (χ0v) is 12.9. The van der Waals surface area contributed by atoms with Crippen molar-refractivity contribution in [1.29, 1.82) is 0 Å². The molecule has 0 unspecified atom stereocenters. The van der Waals surface area contributed by atoms with Gasteiger partial charge in [0.25, 0.3) is 0 Å². The van der Waals surface area contributed by atoms with Crippen LogP contribution < -0.4 is 10.5 Å². The zero-order chi connectivity index (χ0) is 14.4. The lowest BCUT2D eigenvalue weighted by atomic mass is 10.2. The lowest BCUT2D eigenvalue weighted by Gasteiger charge is -2.30. The van der Waals surface area contributed by atoms with Crippen molar-refractivity contribution in [2.24, 2.45) is 5.73 Å². The Kier molecular flexibility index (Phi) is 6.18. The molecule has 0 saturated carbocycles. The second-order valence-electron chi connectivity index (χ2n) is 4.99. The Morgan fingerprint density at radius 3 is 2.53 bits per heavy atom. The fourth-order valence-electron chi connectivity index (χ4n) is 2.05. The number of hydrogen-bond donors (Lipinski definition) is 1. The van der Waals surface area contributed by atoms with Crippen molar-refractivity contribution < 1.29 is 4.74 Å². The minimum absolute atomic E-state index is 0.313. The molecule has 1 aromatic rings. The second kappa shape index (κ2) is 7.40. The molecule has 5 heteroatoms. The summed E-state index contributed by atoms with van der Waals surface area (Å²) < 4.78 is 5.71. The van der Waals surface area contributed by atoms with E-state index in [4.69, 9.17) is 22.7 Å². The predicted molar refractivity (Wildman–Crippen MR) is 82.6 cm³/mol. The van der Waals surface area contributed by atoms with Crippen molar-refractivity contribution in [2.75, 3.05) is 13.2 Å². The van der Waals surface area contributed by atoms with E-state index in [2.05, 4.69) is 37.6 Å². The summed E-state index contributed by atoms with van der Waals surface area (Å²) in [6, 6.07) is 4.60. The largest absolute Gasteiger partial charge is 0.476 e. The van der Waals surface area contributed by atoms with E-state index in [1.165, 1.54) is 0 Å². The average molecular weight is 281 g/mol. The number of thiocarbonyl (C=S) groups is 1. The normalized spacial score (nSPS) is 11.3. The van der Waals surface area contributed by atoms with E-state index >= 15 is 0 Å². The van der Waals surface area contributed by atoms with E-state index < -0.39 is 0 Å². The topological polar surface area (TPSA) is 51.4 Å². The van der Waals surface area contributed by atoms with Crippen LogP contribution in [0.15, 0.2) is 18.3 Å². The third kappa shape index (κ3) is 4.76. The van der Waals surface area contributed by atoms with E-state index in [1.54, 1.807) is 12.3 Å². The third-order valence-corrected chi connectivity index (χ3v) is 3.17. The van der Waals surface area contributed by atoms with Crippen LogP contribution in [0.2, 0.25) is 0 Å². The summed E-state index contributed by atoms with van der Waals surface area (Å²) in [5.41, 5.74) is 6.34. The van der Waals surface area contributed by atoms with Gasteiger partial charge >= 0.3 is 0 Å². The van der Waals surface area contributed by atoms with Crippen LogP contribution >= 0.6 is 12.2 Å². The van der Waals surface area contributed by atoms with Gasteiger partial charge in [-0.1, -0.05) is 12.2 Å². The minimum atomic E-state index is 0.313. The molecular formula is C14H23N3OS. The molecular weight excluding hydrogens is 258 g/mol. The molecule has 0 saturated heterocycles. The number of pyridine rings is 1. The Balaban J connectivity index is 2.60. The van der Waals surface area contributed by atoms with Gasteiger partial charge in [-0.05, 0) is 39.8 Å². The van der Waals surface area contributed by atoms with Gasteiger partial charge in [0.05, 0.1) is 5.56 Å². The molecule has 1 aromatic heterocycles. The first-order chi connectivity index (χ1) is 8.93. The molecule has 0 aliphatic heterocycles. The molecule has 0 aromatic carbocycles. The van der Waals surface area contributed by atoms with Crippen LogP contribution in [0.4, 0.5) is 0 Å². The molecule has 0 fully saturated rings. The van der Waals surface area contributed by atoms with E-state index in [1.807, 2.05) is 6.07 Å². The molecule has 0 spiro atoms. The quantitative estimate of drug-likeness (QED) is 0.777. The van der Waals surface area contributed by atoms with Crippen LogP contribution in [0.25, 0.3) is 0 Å². The smallest absolute Gasteiger partial charge is 0.223 e. The summed E-state index contributed by atoms with van der Waals surface area (Å²) in [7, 11) is 0. The highest BCUT2D eigenvalue weighted by atomic mass is 32.1. The second-order valence-corrected chi connectivity index (χ2v) is 5.43. The summed E-state index contributed by atoms with van der Waals surface area (Å²) in [5.74, 6) is 0.516. The maximum atomic E-state index is 5.71. The molecule has 0 amide bonds. The Morgan fingerprint density at radius 1 is 1.37 bits per heavy atom. The molecule has 0 atom stereocenters. The molecule has 4 nitrogen and oxygen atoms in total. The number of nitrogens with two attached hydrogens (primary N) is 1. The summed E-state index contributed by atoms with van der Waals surface area (Å²) in [5, 5.41) is 0. The van der Waals surface area contributed by atoms with Crippen LogP contribution in [0, 0.1) is 0 Å². The highest BCUT2D eigenvalue weighted by molar-refractivity contribution is 7.80. The lowest BCUT2D eigenvalue weighted by molar-refractivity contribution is 0.140. The first-order valence-electron chi connectivity index (χ1n) is 6.56. The Morgan fingerprint density at radius 2 is 2.00 bits per heavy atom. The lowest BCUT2D eigenvalue weighted by Crippen LogP contribution is -2.39. The van der Waals surface area contributed by atoms with Gasteiger partial charge in [-0.3, -0.25) is 4.90 Å². The highest BCUT2D eigenvalue weighted by Crippen LogP contribution is 2.14. The van der Waals surface area contributed by atoms with E-state index in [9.17, 15) is 0 Å². The van der Waals surface area contributed by atoms with Crippen molar-refractivity contribution in [2.45, 2.75) is 39.8 Å². The summed E-state index contributed by atoms with van der Waals surface area (Å²) in [6.45, 7) is 10.1. The average Bonchev–Trinajstić information content (AvgIpc) is 2.33. The van der Waals surface area contributed by atoms with Gasteiger partial charge in [0.1, 0.15) is 11.6 Å². The van der Waals surface area contributed by atoms with E-state index in [0.717, 1.165) is 6.54 Å². The summed E-state index contributed by atoms with van der Waals surface area (Å²) in [6.07, 6.45) is 1.68. The maximum Gasteiger partial charge on any atom is 0.223 e. The van der Waals surface area contributed by atoms with Gasteiger partial charge in [-0.25, -0.2) is 4.98 Å². The molecule has 1 heterocycles. The number of hydrogen-bond acceptors (Lipinski definition) is 4. The first kappa shape index (κ1) is 15.9. The third-order valence-electron chi connectivity index (χ3n) is 2.95. The van der Waals surface area contributed by atoms with Crippen molar-refractivity contribution in [3.05, 3.63) is 23.9 Å². The monoisotopic (exact) mass is 281 g/mol. The van der Waals surface area contributed by atoms with E-state index in [0.29, 0.717) is 35.1 Å². The number of ether oxygens (including phenoxy) is 1. The van der Waals surface area contributed by atoms with Crippen LogP contribution in [0.1, 0.15) is 33.3 Å². The molecule has 106 valence electrons. The Labute approximate surface area is 121 Å². The maximum absolute atomic E-state index is 5.71. The van der Waals surface area contributed by atoms with Crippen molar-refractivity contribution in [3.8, 4) is 5.88 Å². The van der Waals surface area contributed by atoms with Gasteiger partial charge in [0.15, 0.2) is 0 Å². The fraction of sp³-hybridized carbons (Fsp3) is 0.571. The van der Waals surface area contributed by atoms with Crippen LogP contribution in [0.5, 0.6) is 5.88 Å². The molecule has 0 aliphatic rings. The molecule has 1 rings (SSSR count). The molecule has 0 radical (unpaired) electrons. The Hall–Kier alpha value is -1.20. The number of aromatic nitrogens is 1. The predicted octanol–water partition coefficient (Wildman–Crippen LogP) is 2.21. The van der Waals surface area contributed by atoms with Gasteiger partial charge in [0.2, 0.25) is 5.88 Å². The molecule has 0 bridgehead atoms. The van der Waals surface area contributed by atoms with Gasteiger partial charge in [-0.15, -0.1) is 0 Å². The zero-order valence-electron chi connectivity index (χ0n) is 12.1. The molecule has 19 heavy (non-hydrogen) atoms. The van der Waals surface area contributed by atoms with Crippen LogP contribution in [-0.2, 0) is 0 Å². The van der Waals surface area contributed by atoms with Crippen molar-refractivity contribution in [3.63, 3.8) is 0 Å². The molecule has 0 aliphatic carbocycles. The number of nitrogens with zero attached hydrogens (tertiary/aromatic N) is 2. The SMILES string of the molecule is CC(C)N(CCOc1ncccc1C(N)=S)C(C)C. The minimum Gasteiger partial charge on any atom is -0.476 e. The molecule has 2 N–H and O–H groups in total. The Bertz CT molecular complexity index is 413. The van der Waals surface area contributed by atoms with Gasteiger partial charge < -0.3 is 10.5 Å². The number of rotatable bonds is 7. The van der Waals surface area contributed by atoms with Crippen LogP contribution in [-0.4, -0.2) is 40.1 Å². The van der Waals surface area contributed by atoms with E-state index in [-0.39, 0.29) is 0 Å². The summed E-state index contributed by atoms with van der Waals surface area (Å²) >= 11 is 4.98. The van der Waals surface area contributed by atoms with Crippen molar-refractivity contribution >= 4 is 17.2 Å². The standard InChI is InChI=1S/C14H23N3OS/c1-10(2)17(11(3)4)8-9-18-14-12(13(15)19)6-5-7-16-14/h5-7,10-11H,8-9H2,1-4H3,(H2,15,19).